The Bertz CT molecular complexity index is 718. The number of hydrogen-bond acceptors (Lipinski definition) is 2. The third kappa shape index (κ3) is 5.61. The molecule has 2 aromatic carbocycles. The standard InChI is InChI=1S/C21H22BrNO2/c1-3-13-23(14-4-2)21(24)18-10-11-20(19(22)16-18)25-15-12-17-8-6-5-7-9-17/h3-11,16H,1-2,12-15H2. The zero-order valence-electron chi connectivity index (χ0n) is 14.2. The summed E-state index contributed by atoms with van der Waals surface area (Å²) in [5.74, 6) is 0.669. The van der Waals surface area contributed by atoms with Gasteiger partial charge in [0.25, 0.3) is 5.91 Å². The van der Waals surface area contributed by atoms with Crippen molar-refractivity contribution in [3.05, 3.63) is 89.4 Å². The monoisotopic (exact) mass is 399 g/mol. The van der Waals surface area contributed by atoms with E-state index in [9.17, 15) is 4.79 Å². The van der Waals surface area contributed by atoms with Crippen molar-refractivity contribution in [3.63, 3.8) is 0 Å². The first-order valence-corrected chi connectivity index (χ1v) is 8.92. The Hall–Kier alpha value is -2.33. The molecular weight excluding hydrogens is 378 g/mol. The Morgan fingerprint density at radius 1 is 1.08 bits per heavy atom. The minimum absolute atomic E-state index is 0.0589. The van der Waals surface area contributed by atoms with Gasteiger partial charge in [-0.3, -0.25) is 4.79 Å². The number of benzene rings is 2. The summed E-state index contributed by atoms with van der Waals surface area (Å²) in [6, 6.07) is 15.6. The van der Waals surface area contributed by atoms with Crippen LogP contribution in [0.1, 0.15) is 15.9 Å². The molecule has 0 aliphatic carbocycles. The van der Waals surface area contributed by atoms with Gasteiger partial charge in [0.1, 0.15) is 5.75 Å². The number of carbonyl (C=O) groups is 1. The molecule has 0 bridgehead atoms. The number of carbonyl (C=O) groups excluding carboxylic acids is 1. The molecule has 0 N–H and O–H groups in total. The molecule has 0 fully saturated rings. The molecule has 0 spiro atoms. The molecule has 0 saturated carbocycles. The van der Waals surface area contributed by atoms with E-state index in [0.717, 1.165) is 16.6 Å². The molecule has 25 heavy (non-hydrogen) atoms. The first-order valence-electron chi connectivity index (χ1n) is 8.13. The summed E-state index contributed by atoms with van der Waals surface area (Å²) in [4.78, 5) is 14.2. The summed E-state index contributed by atoms with van der Waals surface area (Å²) in [5.41, 5.74) is 1.83. The molecule has 0 atom stereocenters. The molecule has 1 amide bonds. The van der Waals surface area contributed by atoms with E-state index in [1.54, 1.807) is 29.2 Å². The highest BCUT2D eigenvalue weighted by molar-refractivity contribution is 9.10. The van der Waals surface area contributed by atoms with Crippen LogP contribution < -0.4 is 4.74 Å². The number of ether oxygens (including phenoxy) is 1. The predicted molar refractivity (Wildman–Crippen MR) is 106 cm³/mol. The first kappa shape index (κ1) is 19.0. The van der Waals surface area contributed by atoms with Crippen molar-refractivity contribution >= 4 is 21.8 Å². The highest BCUT2D eigenvalue weighted by atomic mass is 79.9. The Morgan fingerprint density at radius 2 is 1.76 bits per heavy atom. The van der Waals surface area contributed by atoms with E-state index in [0.29, 0.717) is 25.3 Å². The fourth-order valence-corrected chi connectivity index (χ4v) is 2.90. The van der Waals surface area contributed by atoms with Gasteiger partial charge >= 0.3 is 0 Å². The SMILES string of the molecule is C=CCN(CC=C)C(=O)c1ccc(OCCc2ccccc2)c(Br)c1. The van der Waals surface area contributed by atoms with Crippen LogP contribution in [0.15, 0.2) is 78.3 Å². The lowest BCUT2D eigenvalue weighted by Crippen LogP contribution is -2.31. The molecule has 0 unspecified atom stereocenters. The van der Waals surface area contributed by atoms with Crippen LogP contribution in [-0.4, -0.2) is 30.5 Å². The number of hydrogen-bond donors (Lipinski definition) is 0. The van der Waals surface area contributed by atoms with Crippen LogP contribution in [0.3, 0.4) is 0 Å². The molecule has 0 aromatic heterocycles. The quantitative estimate of drug-likeness (QED) is 0.562. The van der Waals surface area contributed by atoms with Gasteiger partial charge in [-0.05, 0) is 39.7 Å². The highest BCUT2D eigenvalue weighted by Gasteiger charge is 2.15. The Morgan fingerprint density at radius 3 is 2.36 bits per heavy atom. The van der Waals surface area contributed by atoms with Crippen molar-refractivity contribution < 1.29 is 9.53 Å². The fraction of sp³-hybridized carbons (Fsp3) is 0.190. The predicted octanol–water partition coefficient (Wildman–Crippen LogP) is 4.88. The molecule has 2 aromatic rings. The van der Waals surface area contributed by atoms with Crippen molar-refractivity contribution in [2.24, 2.45) is 0 Å². The van der Waals surface area contributed by atoms with Crippen molar-refractivity contribution in [3.8, 4) is 5.75 Å². The van der Waals surface area contributed by atoms with E-state index in [1.165, 1.54) is 5.56 Å². The smallest absolute Gasteiger partial charge is 0.254 e. The van der Waals surface area contributed by atoms with E-state index in [-0.39, 0.29) is 5.91 Å². The summed E-state index contributed by atoms with van der Waals surface area (Å²) in [6.45, 7) is 8.93. The topological polar surface area (TPSA) is 29.5 Å². The van der Waals surface area contributed by atoms with Crippen LogP contribution in [0, 0.1) is 0 Å². The Kier molecular flexibility index (Phi) is 7.48. The molecule has 3 nitrogen and oxygen atoms in total. The van der Waals surface area contributed by atoms with E-state index < -0.39 is 0 Å². The molecule has 0 aliphatic rings. The van der Waals surface area contributed by atoms with Crippen LogP contribution in [0.25, 0.3) is 0 Å². The number of nitrogens with zero attached hydrogens (tertiary/aromatic N) is 1. The summed E-state index contributed by atoms with van der Waals surface area (Å²) < 4.78 is 6.59. The van der Waals surface area contributed by atoms with Crippen LogP contribution in [-0.2, 0) is 6.42 Å². The van der Waals surface area contributed by atoms with Crippen LogP contribution in [0.4, 0.5) is 0 Å². The zero-order valence-corrected chi connectivity index (χ0v) is 15.7. The van der Waals surface area contributed by atoms with Crippen LogP contribution in [0.5, 0.6) is 5.75 Å². The molecular formula is C21H22BrNO2. The normalized spacial score (nSPS) is 10.1. The third-order valence-electron chi connectivity index (χ3n) is 3.66. The van der Waals surface area contributed by atoms with Gasteiger partial charge in [-0.2, -0.15) is 0 Å². The molecule has 0 saturated heterocycles. The van der Waals surface area contributed by atoms with Gasteiger partial charge in [0.2, 0.25) is 0 Å². The van der Waals surface area contributed by atoms with Gasteiger partial charge in [-0.25, -0.2) is 0 Å². The average Bonchev–Trinajstić information content (AvgIpc) is 2.63. The molecule has 4 heteroatoms. The van der Waals surface area contributed by atoms with E-state index in [1.807, 2.05) is 24.3 Å². The van der Waals surface area contributed by atoms with E-state index >= 15 is 0 Å². The minimum Gasteiger partial charge on any atom is -0.492 e. The van der Waals surface area contributed by atoms with Gasteiger partial charge in [0.15, 0.2) is 0 Å². The fourth-order valence-electron chi connectivity index (χ4n) is 2.41. The third-order valence-corrected chi connectivity index (χ3v) is 4.28. The van der Waals surface area contributed by atoms with Gasteiger partial charge in [0.05, 0.1) is 11.1 Å². The van der Waals surface area contributed by atoms with Crippen LogP contribution in [0.2, 0.25) is 0 Å². The lowest BCUT2D eigenvalue weighted by Gasteiger charge is -2.19. The summed E-state index contributed by atoms with van der Waals surface area (Å²) in [5, 5.41) is 0. The van der Waals surface area contributed by atoms with Crippen molar-refractivity contribution in [2.75, 3.05) is 19.7 Å². The summed E-state index contributed by atoms with van der Waals surface area (Å²) in [6.07, 6.45) is 4.25. The van der Waals surface area contributed by atoms with E-state index in [4.69, 9.17) is 4.74 Å². The Labute approximate surface area is 157 Å². The second-order valence-electron chi connectivity index (χ2n) is 5.52. The maximum Gasteiger partial charge on any atom is 0.254 e. The number of rotatable bonds is 9. The number of halogens is 1. The molecule has 0 radical (unpaired) electrons. The lowest BCUT2D eigenvalue weighted by molar-refractivity contribution is 0.0790. The maximum atomic E-state index is 12.6. The average molecular weight is 400 g/mol. The van der Waals surface area contributed by atoms with Gasteiger partial charge < -0.3 is 9.64 Å². The van der Waals surface area contributed by atoms with Crippen molar-refractivity contribution in [1.82, 2.24) is 4.90 Å². The lowest BCUT2D eigenvalue weighted by atomic mass is 10.1. The van der Waals surface area contributed by atoms with Crippen molar-refractivity contribution in [1.29, 1.82) is 0 Å². The molecule has 130 valence electrons. The second-order valence-corrected chi connectivity index (χ2v) is 6.37. The van der Waals surface area contributed by atoms with Gasteiger partial charge in [-0.1, -0.05) is 42.5 Å². The highest BCUT2D eigenvalue weighted by Crippen LogP contribution is 2.26. The van der Waals surface area contributed by atoms with E-state index in [2.05, 4.69) is 41.2 Å². The molecule has 0 heterocycles. The first-order chi connectivity index (χ1) is 12.2. The van der Waals surface area contributed by atoms with Crippen molar-refractivity contribution in [2.45, 2.75) is 6.42 Å². The summed E-state index contributed by atoms with van der Waals surface area (Å²) in [7, 11) is 0. The molecule has 2 rings (SSSR count). The number of amides is 1. The van der Waals surface area contributed by atoms with Gasteiger partial charge in [0, 0.05) is 25.1 Å². The largest absolute Gasteiger partial charge is 0.492 e. The van der Waals surface area contributed by atoms with Gasteiger partial charge in [-0.15, -0.1) is 13.2 Å². The Balaban J connectivity index is 2.00. The van der Waals surface area contributed by atoms with Crippen LogP contribution >= 0.6 is 15.9 Å². The maximum absolute atomic E-state index is 12.6. The second kappa shape index (κ2) is 9.84. The summed E-state index contributed by atoms with van der Waals surface area (Å²) >= 11 is 3.49. The zero-order chi connectivity index (χ0) is 18.1. The molecule has 0 aliphatic heterocycles. The minimum atomic E-state index is -0.0589.